The molecule has 7 nitrogen and oxygen atoms in total. The summed E-state index contributed by atoms with van der Waals surface area (Å²) >= 11 is 12.1. The Morgan fingerprint density at radius 1 is 1.03 bits per heavy atom. The number of rotatable bonds is 10. The standard InChI is InChI=1S/C27H26Cl2N4O3.Na/c1-18(2)14-17-33(27-30-15-5-16-31-27)20-12-10-19(11-13-20)6-3-9-23(26(35)36)32-25(34)24-21(28)7-4-8-22(24)29;/h3-8,10-16,23H,9,17H2,1-2H3,(H,32,34)(H,35,36);/q;+1/p-1/b6-3+;. The van der Waals surface area contributed by atoms with Crippen molar-refractivity contribution < 1.29 is 44.3 Å². The molecule has 1 atom stereocenters. The first-order valence-corrected chi connectivity index (χ1v) is 11.9. The Hall–Kier alpha value is -2.68. The van der Waals surface area contributed by atoms with Crippen LogP contribution in [0.15, 0.2) is 78.6 Å². The van der Waals surface area contributed by atoms with Gasteiger partial charge in [0.25, 0.3) is 5.91 Å². The Bertz CT molecular complexity index is 1240. The molecular weight excluding hydrogens is 522 g/mol. The zero-order valence-corrected chi connectivity index (χ0v) is 24.3. The normalized spacial score (nSPS) is 11.4. The van der Waals surface area contributed by atoms with E-state index in [1.54, 1.807) is 36.7 Å². The summed E-state index contributed by atoms with van der Waals surface area (Å²) in [6, 6.07) is 12.8. The van der Waals surface area contributed by atoms with E-state index in [1.165, 1.54) is 17.7 Å². The van der Waals surface area contributed by atoms with Crippen LogP contribution in [0.5, 0.6) is 0 Å². The molecule has 1 heterocycles. The van der Waals surface area contributed by atoms with E-state index in [9.17, 15) is 14.7 Å². The molecule has 10 heteroatoms. The molecule has 0 aliphatic heterocycles. The summed E-state index contributed by atoms with van der Waals surface area (Å²) in [7, 11) is 0. The van der Waals surface area contributed by atoms with Crippen LogP contribution in [0, 0.1) is 0 Å². The van der Waals surface area contributed by atoms with Crippen molar-refractivity contribution in [2.45, 2.75) is 26.3 Å². The molecule has 0 bridgehead atoms. The van der Waals surface area contributed by atoms with E-state index in [1.807, 2.05) is 43.0 Å². The largest absolute Gasteiger partial charge is 1.00 e. The first-order chi connectivity index (χ1) is 17.3. The molecule has 3 rings (SSSR count). The van der Waals surface area contributed by atoms with Crippen molar-refractivity contribution in [3.8, 4) is 0 Å². The number of hydrogen-bond acceptors (Lipinski definition) is 6. The number of nitrogens with one attached hydrogen (secondary N) is 1. The van der Waals surface area contributed by atoms with E-state index in [2.05, 4.69) is 21.4 Å². The van der Waals surface area contributed by atoms with Crippen molar-refractivity contribution in [2.75, 3.05) is 11.4 Å². The zero-order chi connectivity index (χ0) is 26.1. The van der Waals surface area contributed by atoms with Gasteiger partial charge >= 0.3 is 29.6 Å². The van der Waals surface area contributed by atoms with Crippen molar-refractivity contribution in [3.63, 3.8) is 0 Å². The molecular formula is C27H25Cl2N4NaO3. The molecule has 1 unspecified atom stereocenters. The van der Waals surface area contributed by atoms with Crippen molar-refractivity contribution in [3.05, 3.63) is 99.8 Å². The van der Waals surface area contributed by atoms with Gasteiger partial charge in [-0.25, -0.2) is 9.97 Å². The number of anilines is 2. The molecule has 0 saturated heterocycles. The fraction of sp³-hybridized carbons (Fsp3) is 0.185. The molecule has 0 fully saturated rings. The number of amides is 1. The van der Waals surface area contributed by atoms with Crippen molar-refractivity contribution in [1.82, 2.24) is 15.3 Å². The molecule has 0 aliphatic carbocycles. The predicted molar refractivity (Wildman–Crippen MR) is 141 cm³/mol. The molecule has 3 aromatic rings. The Morgan fingerprint density at radius 3 is 2.22 bits per heavy atom. The molecule has 186 valence electrons. The number of allylic oxidation sites excluding steroid dienone is 1. The summed E-state index contributed by atoms with van der Waals surface area (Å²) in [5, 5.41) is 14.3. The number of carboxylic acids is 1. The van der Waals surface area contributed by atoms with Gasteiger partial charge in [0.1, 0.15) is 0 Å². The Kier molecular flexibility index (Phi) is 12.3. The smallest absolute Gasteiger partial charge is 0.548 e. The maximum atomic E-state index is 12.5. The van der Waals surface area contributed by atoms with E-state index < -0.39 is 17.9 Å². The van der Waals surface area contributed by atoms with E-state index in [4.69, 9.17) is 23.2 Å². The molecule has 1 amide bonds. The van der Waals surface area contributed by atoms with Crippen LogP contribution in [-0.2, 0) is 4.79 Å². The fourth-order valence-corrected chi connectivity index (χ4v) is 3.84. The number of carbonyl (C=O) groups excluding carboxylic acids is 2. The first-order valence-electron chi connectivity index (χ1n) is 11.2. The maximum Gasteiger partial charge on any atom is 1.00 e. The third-order valence-corrected chi connectivity index (χ3v) is 5.77. The molecule has 37 heavy (non-hydrogen) atoms. The van der Waals surface area contributed by atoms with E-state index in [0.29, 0.717) is 12.5 Å². The predicted octanol–water partition coefficient (Wildman–Crippen LogP) is 1.84. The number of nitrogens with zero attached hydrogens (tertiary/aromatic N) is 3. The van der Waals surface area contributed by atoms with Crippen LogP contribution in [0.1, 0.15) is 36.2 Å². The summed E-state index contributed by atoms with van der Waals surface area (Å²) in [5.74, 6) is -1.51. The van der Waals surface area contributed by atoms with Gasteiger partial charge in [-0.1, -0.05) is 65.2 Å². The monoisotopic (exact) mass is 546 g/mol. The topological polar surface area (TPSA) is 98.2 Å². The Balaban J connectivity index is 0.00000481. The van der Waals surface area contributed by atoms with Gasteiger partial charge in [-0.2, -0.15) is 0 Å². The molecule has 0 saturated carbocycles. The number of halogens is 2. The summed E-state index contributed by atoms with van der Waals surface area (Å²) in [6.07, 6.45) is 8.93. The average Bonchev–Trinajstić information content (AvgIpc) is 2.84. The van der Waals surface area contributed by atoms with Crippen LogP contribution in [-0.4, -0.2) is 34.4 Å². The minimum Gasteiger partial charge on any atom is -0.548 e. The Morgan fingerprint density at radius 2 is 1.65 bits per heavy atom. The van der Waals surface area contributed by atoms with Crippen LogP contribution >= 0.6 is 23.2 Å². The van der Waals surface area contributed by atoms with Gasteiger partial charge in [-0.15, -0.1) is 0 Å². The van der Waals surface area contributed by atoms with Crippen molar-refractivity contribution in [2.24, 2.45) is 0 Å². The van der Waals surface area contributed by atoms with Crippen LogP contribution in [0.2, 0.25) is 10.0 Å². The first kappa shape index (κ1) is 30.5. The Labute approximate surface area is 248 Å². The van der Waals surface area contributed by atoms with Gasteiger partial charge in [-0.05, 0) is 56.2 Å². The number of carbonyl (C=O) groups is 2. The molecule has 0 spiro atoms. The summed E-state index contributed by atoms with van der Waals surface area (Å²) in [4.78, 5) is 34.8. The number of aromatic nitrogens is 2. The van der Waals surface area contributed by atoms with Crippen LogP contribution in [0.3, 0.4) is 0 Å². The van der Waals surface area contributed by atoms with Crippen LogP contribution < -0.4 is 44.9 Å². The average molecular weight is 547 g/mol. The van der Waals surface area contributed by atoms with Gasteiger partial charge in [0.05, 0.1) is 27.6 Å². The number of benzene rings is 2. The van der Waals surface area contributed by atoms with Crippen molar-refractivity contribution >= 4 is 52.8 Å². The molecule has 0 aliphatic rings. The van der Waals surface area contributed by atoms with E-state index in [-0.39, 0.29) is 51.6 Å². The second kappa shape index (κ2) is 14.9. The number of hydrogen-bond donors (Lipinski definition) is 1. The third-order valence-electron chi connectivity index (χ3n) is 5.14. The van der Waals surface area contributed by atoms with Gasteiger partial charge in [0, 0.05) is 24.6 Å². The molecule has 2 aromatic carbocycles. The second-order valence-electron chi connectivity index (χ2n) is 8.11. The molecule has 1 aromatic heterocycles. The minimum absolute atomic E-state index is 0. The van der Waals surface area contributed by atoms with Gasteiger partial charge < -0.3 is 20.1 Å². The fourth-order valence-electron chi connectivity index (χ4n) is 3.27. The molecule has 0 radical (unpaired) electrons. The summed E-state index contributed by atoms with van der Waals surface area (Å²) < 4.78 is 0. The molecule has 1 N–H and O–H groups in total. The third kappa shape index (κ3) is 8.98. The maximum absolute atomic E-state index is 12.5. The van der Waals surface area contributed by atoms with Gasteiger partial charge in [0.2, 0.25) is 5.95 Å². The number of aliphatic carboxylic acids is 1. The quantitative estimate of drug-likeness (QED) is 0.308. The second-order valence-corrected chi connectivity index (χ2v) is 8.93. The van der Waals surface area contributed by atoms with Gasteiger partial charge in [-0.3, -0.25) is 4.79 Å². The number of carboxylic acid groups (broad SMARTS) is 1. The summed E-state index contributed by atoms with van der Waals surface area (Å²) in [5.41, 5.74) is 2.97. The van der Waals surface area contributed by atoms with Crippen LogP contribution in [0.25, 0.3) is 6.08 Å². The summed E-state index contributed by atoms with van der Waals surface area (Å²) in [6.45, 7) is 4.68. The minimum atomic E-state index is -1.41. The van der Waals surface area contributed by atoms with E-state index >= 15 is 0 Å². The van der Waals surface area contributed by atoms with Crippen molar-refractivity contribution in [1.29, 1.82) is 0 Å². The SMILES string of the molecule is CC(C)=CCN(c1ccc(/C=C/CC(NC(=O)c2c(Cl)cccc2Cl)C(=O)[O-])cc1)c1ncccn1.[Na+]. The van der Waals surface area contributed by atoms with Crippen LogP contribution in [0.4, 0.5) is 11.6 Å². The van der Waals surface area contributed by atoms with Gasteiger partial charge in [0.15, 0.2) is 0 Å². The van der Waals surface area contributed by atoms with E-state index in [0.717, 1.165) is 11.3 Å². The zero-order valence-electron chi connectivity index (χ0n) is 20.8.